The van der Waals surface area contributed by atoms with Gasteiger partial charge in [0, 0.05) is 24.9 Å². The molecule has 1 aliphatic rings. The van der Waals surface area contributed by atoms with Crippen molar-refractivity contribution in [2.75, 3.05) is 24.7 Å². The van der Waals surface area contributed by atoms with E-state index in [4.69, 9.17) is 5.11 Å². The average Bonchev–Trinajstić information content (AvgIpc) is 2.94. The molecule has 0 atom stereocenters. The maximum Gasteiger partial charge on any atom is 0.277 e. The van der Waals surface area contributed by atoms with Gasteiger partial charge in [-0.1, -0.05) is 0 Å². The Morgan fingerprint density at radius 3 is 2.67 bits per heavy atom. The Morgan fingerprint density at radius 2 is 2.07 bits per heavy atom. The molecule has 0 saturated heterocycles. The van der Waals surface area contributed by atoms with E-state index in [-0.39, 0.29) is 12.6 Å². The lowest BCUT2D eigenvalue weighted by atomic mass is 10.5. The molecule has 1 fully saturated rings. The van der Waals surface area contributed by atoms with Crippen molar-refractivity contribution < 1.29 is 13.5 Å². The third-order valence-corrected chi connectivity index (χ3v) is 4.18. The maximum atomic E-state index is 11.3. The van der Waals surface area contributed by atoms with E-state index in [1.807, 2.05) is 0 Å². The largest absolute Gasteiger partial charge is 0.396 e. The zero-order valence-corrected chi connectivity index (χ0v) is 10.2. The summed E-state index contributed by atoms with van der Waals surface area (Å²) in [6.45, 7) is 0.639. The van der Waals surface area contributed by atoms with Crippen LogP contribution in [0.1, 0.15) is 19.3 Å². The van der Waals surface area contributed by atoms with Crippen LogP contribution in [0.25, 0.3) is 0 Å². The Balaban J connectivity index is 1.98. The second-order valence-electron chi connectivity index (χ2n) is 3.48. The average molecular weight is 254 g/mol. The van der Waals surface area contributed by atoms with Crippen LogP contribution in [0.4, 0.5) is 0 Å². The number of aliphatic hydroxyl groups is 1. The molecule has 0 heterocycles. The summed E-state index contributed by atoms with van der Waals surface area (Å²) in [5.41, 5.74) is 0. The first-order chi connectivity index (χ1) is 7.14. The van der Waals surface area contributed by atoms with Crippen molar-refractivity contribution in [2.45, 2.75) is 25.3 Å². The summed E-state index contributed by atoms with van der Waals surface area (Å²) in [7, 11) is -3.27. The van der Waals surface area contributed by atoms with E-state index in [0.717, 1.165) is 30.8 Å². The van der Waals surface area contributed by atoms with Crippen molar-refractivity contribution in [3.8, 4) is 0 Å². The Hall–Kier alpha value is 0.180. The van der Waals surface area contributed by atoms with Gasteiger partial charge in [-0.15, -0.1) is 0 Å². The van der Waals surface area contributed by atoms with Crippen molar-refractivity contribution in [3.05, 3.63) is 0 Å². The third-order valence-electron chi connectivity index (χ3n) is 1.88. The SMILES string of the molecule is O=S(=O)(NCCSCCCO)NC1CC1. The molecule has 0 amide bonds. The zero-order chi connectivity index (χ0) is 11.1. The fourth-order valence-corrected chi connectivity index (χ4v) is 3.02. The summed E-state index contributed by atoms with van der Waals surface area (Å²) in [6, 6.07) is 0.157. The van der Waals surface area contributed by atoms with Crippen molar-refractivity contribution in [2.24, 2.45) is 0 Å². The number of hydrogen-bond donors (Lipinski definition) is 3. The summed E-state index contributed by atoms with van der Waals surface area (Å²) < 4.78 is 27.6. The minimum absolute atomic E-state index is 0.157. The van der Waals surface area contributed by atoms with Gasteiger partial charge in [-0.2, -0.15) is 24.9 Å². The van der Waals surface area contributed by atoms with Crippen LogP contribution in [0, 0.1) is 0 Å². The standard InChI is InChI=1S/C8H18N2O3S2/c11-5-1-6-14-7-4-9-15(12,13)10-8-2-3-8/h8-11H,1-7H2. The van der Waals surface area contributed by atoms with Crippen molar-refractivity contribution in [1.29, 1.82) is 0 Å². The highest BCUT2D eigenvalue weighted by Gasteiger charge is 2.26. The number of nitrogens with one attached hydrogen (secondary N) is 2. The van der Waals surface area contributed by atoms with Crippen LogP contribution >= 0.6 is 11.8 Å². The second kappa shape index (κ2) is 6.70. The van der Waals surface area contributed by atoms with Gasteiger partial charge in [0.15, 0.2) is 0 Å². The first-order valence-corrected chi connectivity index (χ1v) is 7.73. The van der Waals surface area contributed by atoms with Gasteiger partial charge in [0.2, 0.25) is 0 Å². The molecular formula is C8H18N2O3S2. The van der Waals surface area contributed by atoms with E-state index in [2.05, 4.69) is 9.44 Å². The van der Waals surface area contributed by atoms with Gasteiger partial charge < -0.3 is 5.11 Å². The van der Waals surface area contributed by atoms with Gasteiger partial charge in [0.25, 0.3) is 10.2 Å². The fourth-order valence-electron chi connectivity index (χ4n) is 0.979. The lowest BCUT2D eigenvalue weighted by molar-refractivity contribution is 0.296. The van der Waals surface area contributed by atoms with Crippen LogP contribution in [0.15, 0.2) is 0 Å². The molecule has 0 aliphatic heterocycles. The molecule has 0 bridgehead atoms. The van der Waals surface area contributed by atoms with Gasteiger partial charge in [0.1, 0.15) is 0 Å². The molecule has 5 nitrogen and oxygen atoms in total. The smallest absolute Gasteiger partial charge is 0.277 e. The topological polar surface area (TPSA) is 78.4 Å². The van der Waals surface area contributed by atoms with E-state index in [1.54, 1.807) is 11.8 Å². The number of aliphatic hydroxyl groups excluding tert-OH is 1. The molecule has 15 heavy (non-hydrogen) atoms. The summed E-state index contributed by atoms with van der Waals surface area (Å²) in [6.07, 6.45) is 2.66. The molecule has 0 aromatic heterocycles. The molecular weight excluding hydrogens is 236 g/mol. The molecule has 3 N–H and O–H groups in total. The van der Waals surface area contributed by atoms with Gasteiger partial charge in [-0.05, 0) is 25.0 Å². The molecule has 0 aromatic carbocycles. The summed E-state index contributed by atoms with van der Waals surface area (Å²) in [4.78, 5) is 0. The van der Waals surface area contributed by atoms with Crippen molar-refractivity contribution in [3.63, 3.8) is 0 Å². The molecule has 0 radical (unpaired) electrons. The summed E-state index contributed by atoms with van der Waals surface area (Å²) in [5, 5.41) is 8.52. The lowest BCUT2D eigenvalue weighted by Gasteiger charge is -2.06. The normalized spacial score (nSPS) is 16.9. The Morgan fingerprint density at radius 1 is 1.33 bits per heavy atom. The number of rotatable bonds is 9. The van der Waals surface area contributed by atoms with Gasteiger partial charge in [-0.3, -0.25) is 0 Å². The molecule has 0 spiro atoms. The monoisotopic (exact) mass is 254 g/mol. The molecule has 1 rings (SSSR count). The predicted molar refractivity (Wildman–Crippen MR) is 62.1 cm³/mol. The van der Waals surface area contributed by atoms with Gasteiger partial charge in [-0.25, -0.2) is 4.72 Å². The summed E-state index contributed by atoms with van der Waals surface area (Å²) in [5.74, 6) is 1.61. The quantitative estimate of drug-likeness (QED) is 0.493. The number of hydrogen-bond acceptors (Lipinski definition) is 4. The molecule has 1 aliphatic carbocycles. The van der Waals surface area contributed by atoms with Gasteiger partial charge >= 0.3 is 0 Å². The van der Waals surface area contributed by atoms with Crippen molar-refractivity contribution >= 4 is 22.0 Å². The van der Waals surface area contributed by atoms with E-state index < -0.39 is 10.2 Å². The van der Waals surface area contributed by atoms with E-state index in [1.165, 1.54) is 0 Å². The van der Waals surface area contributed by atoms with Crippen LogP contribution in [0.3, 0.4) is 0 Å². The number of thioether (sulfide) groups is 1. The van der Waals surface area contributed by atoms with Crippen LogP contribution in [-0.4, -0.2) is 44.2 Å². The van der Waals surface area contributed by atoms with Crippen LogP contribution in [-0.2, 0) is 10.2 Å². The van der Waals surface area contributed by atoms with Gasteiger partial charge in [0.05, 0.1) is 0 Å². The predicted octanol–water partition coefficient (Wildman–Crippen LogP) is -0.312. The molecule has 90 valence electrons. The van der Waals surface area contributed by atoms with Crippen LogP contribution in [0.5, 0.6) is 0 Å². The Kier molecular flexibility index (Phi) is 5.91. The molecule has 7 heteroatoms. The molecule has 1 saturated carbocycles. The van der Waals surface area contributed by atoms with E-state index >= 15 is 0 Å². The van der Waals surface area contributed by atoms with Crippen LogP contribution in [0.2, 0.25) is 0 Å². The first-order valence-electron chi connectivity index (χ1n) is 5.09. The van der Waals surface area contributed by atoms with Crippen LogP contribution < -0.4 is 9.44 Å². The fraction of sp³-hybridized carbons (Fsp3) is 1.00. The highest BCUT2D eigenvalue weighted by molar-refractivity contribution is 7.99. The summed E-state index contributed by atoms with van der Waals surface area (Å²) >= 11 is 1.64. The highest BCUT2D eigenvalue weighted by Crippen LogP contribution is 2.19. The van der Waals surface area contributed by atoms with E-state index in [0.29, 0.717) is 6.54 Å². The Labute approximate surface area is 95.2 Å². The van der Waals surface area contributed by atoms with Crippen molar-refractivity contribution in [1.82, 2.24) is 9.44 Å². The highest BCUT2D eigenvalue weighted by atomic mass is 32.2. The van der Waals surface area contributed by atoms with E-state index in [9.17, 15) is 8.42 Å². The minimum Gasteiger partial charge on any atom is -0.396 e. The lowest BCUT2D eigenvalue weighted by Crippen LogP contribution is -2.38. The Bertz CT molecular complexity index is 265. The minimum atomic E-state index is -3.27. The maximum absolute atomic E-state index is 11.3. The molecule has 0 unspecified atom stereocenters. The first kappa shape index (κ1) is 13.2. The third kappa shape index (κ3) is 7.13. The zero-order valence-electron chi connectivity index (χ0n) is 8.61. The second-order valence-corrected chi connectivity index (χ2v) is 6.24. The molecule has 0 aromatic rings.